The van der Waals surface area contributed by atoms with Crippen LogP contribution in [0.5, 0.6) is 5.75 Å². The quantitative estimate of drug-likeness (QED) is 0.333. The lowest BCUT2D eigenvalue weighted by atomic mass is 9.89. The number of rotatable bonds is 6. The number of hydrogen-bond acceptors (Lipinski definition) is 5. The first-order chi connectivity index (χ1) is 18.8. The van der Waals surface area contributed by atoms with E-state index in [-0.39, 0.29) is 23.5 Å². The summed E-state index contributed by atoms with van der Waals surface area (Å²) in [6, 6.07) is 16.2. The summed E-state index contributed by atoms with van der Waals surface area (Å²) in [5.41, 5.74) is 3.65. The minimum Gasteiger partial charge on any atom is -0.406 e. The first kappa shape index (κ1) is 26.0. The van der Waals surface area contributed by atoms with E-state index in [1.807, 2.05) is 30.3 Å². The van der Waals surface area contributed by atoms with Crippen molar-refractivity contribution in [3.63, 3.8) is 0 Å². The number of aromatic amines is 1. The van der Waals surface area contributed by atoms with E-state index >= 15 is 0 Å². The molecule has 0 unspecified atom stereocenters. The van der Waals surface area contributed by atoms with E-state index in [9.17, 15) is 22.8 Å². The van der Waals surface area contributed by atoms with E-state index in [4.69, 9.17) is 0 Å². The number of nitrogens with one attached hydrogen (secondary N) is 2. The predicted octanol–water partition coefficient (Wildman–Crippen LogP) is 5.64. The Morgan fingerprint density at radius 3 is 2.36 bits per heavy atom. The van der Waals surface area contributed by atoms with Crippen molar-refractivity contribution in [3.05, 3.63) is 96.2 Å². The largest absolute Gasteiger partial charge is 0.573 e. The molecule has 200 valence electrons. The van der Waals surface area contributed by atoms with Crippen LogP contribution >= 0.6 is 0 Å². The van der Waals surface area contributed by atoms with Crippen LogP contribution in [0, 0.1) is 0 Å². The number of H-pyrrole nitrogens is 1. The molecule has 0 bridgehead atoms. The number of amides is 2. The summed E-state index contributed by atoms with van der Waals surface area (Å²) >= 11 is 0. The molecule has 2 amide bonds. The fourth-order valence-electron chi connectivity index (χ4n) is 4.62. The summed E-state index contributed by atoms with van der Waals surface area (Å²) in [6.45, 7) is 1.06. The molecule has 2 aromatic carbocycles. The van der Waals surface area contributed by atoms with Crippen LogP contribution in [0.1, 0.15) is 45.2 Å². The second-order valence-corrected chi connectivity index (χ2v) is 9.08. The number of ether oxygens (including phenoxy) is 1. The van der Waals surface area contributed by atoms with E-state index in [0.717, 1.165) is 36.1 Å². The molecule has 1 aliphatic heterocycles. The molecule has 39 heavy (non-hydrogen) atoms. The van der Waals surface area contributed by atoms with Gasteiger partial charge in [0.2, 0.25) is 0 Å². The highest BCUT2D eigenvalue weighted by Crippen LogP contribution is 2.30. The van der Waals surface area contributed by atoms with Gasteiger partial charge in [0, 0.05) is 42.3 Å². The number of hydrogen-bond donors (Lipinski definition) is 2. The number of pyridine rings is 1. The normalized spacial score (nSPS) is 14.2. The number of piperidine rings is 1. The monoisotopic (exact) mass is 535 g/mol. The van der Waals surface area contributed by atoms with Crippen LogP contribution in [0.15, 0.2) is 79.4 Å². The molecule has 0 saturated carbocycles. The number of likely N-dealkylation sites (tertiary alicyclic amines) is 1. The molecular weight excluding hydrogens is 511 g/mol. The van der Waals surface area contributed by atoms with E-state index in [1.165, 1.54) is 18.5 Å². The Labute approximate surface area is 221 Å². The Morgan fingerprint density at radius 2 is 1.72 bits per heavy atom. The van der Waals surface area contributed by atoms with Crippen LogP contribution in [0.25, 0.3) is 11.3 Å². The van der Waals surface area contributed by atoms with Gasteiger partial charge in [-0.1, -0.05) is 12.1 Å². The van der Waals surface area contributed by atoms with Gasteiger partial charge in [-0.25, -0.2) is 4.98 Å². The summed E-state index contributed by atoms with van der Waals surface area (Å²) in [5, 5.41) is 2.89. The van der Waals surface area contributed by atoms with E-state index < -0.39 is 6.36 Å². The summed E-state index contributed by atoms with van der Waals surface area (Å²) in [7, 11) is 0. The van der Waals surface area contributed by atoms with Gasteiger partial charge < -0.3 is 19.9 Å². The van der Waals surface area contributed by atoms with Crippen molar-refractivity contribution in [2.24, 2.45) is 0 Å². The van der Waals surface area contributed by atoms with Gasteiger partial charge >= 0.3 is 6.36 Å². The molecule has 1 saturated heterocycles. The maximum atomic E-state index is 12.9. The number of anilines is 1. The molecule has 1 fully saturated rings. The van der Waals surface area contributed by atoms with Crippen LogP contribution in [0.3, 0.4) is 0 Å². The van der Waals surface area contributed by atoms with E-state index in [2.05, 4.69) is 25.0 Å². The fourth-order valence-corrected chi connectivity index (χ4v) is 4.62. The molecule has 4 aromatic rings. The van der Waals surface area contributed by atoms with Gasteiger partial charge in [0.05, 0.1) is 6.33 Å². The highest BCUT2D eigenvalue weighted by molar-refractivity contribution is 6.06. The van der Waals surface area contributed by atoms with Crippen molar-refractivity contribution >= 4 is 17.5 Å². The zero-order valence-electron chi connectivity index (χ0n) is 20.6. The second-order valence-electron chi connectivity index (χ2n) is 9.08. The zero-order chi connectivity index (χ0) is 27.4. The van der Waals surface area contributed by atoms with Crippen LogP contribution in [0.2, 0.25) is 0 Å². The van der Waals surface area contributed by atoms with Crippen molar-refractivity contribution in [1.29, 1.82) is 0 Å². The molecule has 0 atom stereocenters. The van der Waals surface area contributed by atoms with E-state index in [1.54, 1.807) is 23.4 Å². The summed E-state index contributed by atoms with van der Waals surface area (Å²) < 4.78 is 40.9. The van der Waals surface area contributed by atoms with Gasteiger partial charge in [-0.15, -0.1) is 13.2 Å². The average Bonchev–Trinajstić information content (AvgIpc) is 3.44. The number of carbonyl (C=O) groups is 2. The third kappa shape index (κ3) is 6.25. The van der Waals surface area contributed by atoms with Crippen LogP contribution in [0.4, 0.5) is 18.9 Å². The summed E-state index contributed by atoms with van der Waals surface area (Å²) in [4.78, 5) is 38.6. The lowest BCUT2D eigenvalue weighted by Crippen LogP contribution is -2.37. The van der Waals surface area contributed by atoms with Crippen molar-refractivity contribution in [2.45, 2.75) is 25.1 Å². The lowest BCUT2D eigenvalue weighted by molar-refractivity contribution is -0.274. The fraction of sp³-hybridized carbons (Fsp3) is 0.214. The molecule has 3 heterocycles. The molecule has 2 N–H and O–H groups in total. The lowest BCUT2D eigenvalue weighted by Gasteiger charge is -2.32. The molecule has 11 heteroatoms. The van der Waals surface area contributed by atoms with Crippen LogP contribution in [-0.4, -0.2) is 51.1 Å². The minimum absolute atomic E-state index is 0.227. The molecule has 0 aliphatic carbocycles. The maximum absolute atomic E-state index is 12.9. The van der Waals surface area contributed by atoms with Gasteiger partial charge in [-0.3, -0.25) is 14.6 Å². The van der Waals surface area contributed by atoms with E-state index in [0.29, 0.717) is 35.7 Å². The minimum atomic E-state index is -4.78. The number of imidazole rings is 1. The van der Waals surface area contributed by atoms with Gasteiger partial charge in [-0.05, 0) is 72.9 Å². The average molecular weight is 536 g/mol. The van der Waals surface area contributed by atoms with Gasteiger partial charge in [0.1, 0.15) is 17.1 Å². The number of aromatic nitrogens is 3. The van der Waals surface area contributed by atoms with Crippen LogP contribution < -0.4 is 10.1 Å². The number of carbonyl (C=O) groups excluding carboxylic acids is 2. The van der Waals surface area contributed by atoms with Gasteiger partial charge in [0.25, 0.3) is 11.8 Å². The van der Waals surface area contributed by atoms with Crippen molar-refractivity contribution < 1.29 is 27.5 Å². The number of alkyl halides is 3. The Morgan fingerprint density at radius 1 is 1.00 bits per heavy atom. The predicted molar refractivity (Wildman–Crippen MR) is 137 cm³/mol. The second kappa shape index (κ2) is 11.0. The standard InChI is InChI=1S/C28H24F3N5O3/c29-28(30,31)39-23-9-5-20(6-10-23)27(38)36-14-11-19(12-15-36)18-3-7-22(8-4-18)35-26(37)25-24(33-17-34-25)21-2-1-13-32-16-21/h1-10,13,16-17,19H,11-12,14-15H2,(H,33,34)(H,35,37). The summed E-state index contributed by atoms with van der Waals surface area (Å²) in [5.74, 6) is -0.666. The maximum Gasteiger partial charge on any atom is 0.573 e. The van der Waals surface area contributed by atoms with Gasteiger partial charge in [-0.2, -0.15) is 0 Å². The third-order valence-electron chi connectivity index (χ3n) is 6.56. The first-order valence-corrected chi connectivity index (χ1v) is 12.3. The molecule has 8 nitrogen and oxygen atoms in total. The van der Waals surface area contributed by atoms with Crippen molar-refractivity contribution in [1.82, 2.24) is 19.9 Å². The molecule has 0 radical (unpaired) electrons. The first-order valence-electron chi connectivity index (χ1n) is 12.3. The number of benzene rings is 2. The Balaban J connectivity index is 1.15. The molecule has 2 aromatic heterocycles. The third-order valence-corrected chi connectivity index (χ3v) is 6.56. The van der Waals surface area contributed by atoms with Crippen LogP contribution in [-0.2, 0) is 0 Å². The Hall–Kier alpha value is -4.67. The summed E-state index contributed by atoms with van der Waals surface area (Å²) in [6.07, 6.45) is 1.47. The topological polar surface area (TPSA) is 100 Å². The highest BCUT2D eigenvalue weighted by atomic mass is 19.4. The smallest absolute Gasteiger partial charge is 0.406 e. The SMILES string of the molecule is O=C(Nc1ccc(C2CCN(C(=O)c3ccc(OC(F)(F)F)cc3)CC2)cc1)c1[nH]cnc1-c1cccnc1. The zero-order valence-corrected chi connectivity index (χ0v) is 20.6. The molecular formula is C28H24F3N5O3. The highest BCUT2D eigenvalue weighted by Gasteiger charge is 2.31. The number of nitrogens with zero attached hydrogens (tertiary/aromatic N) is 3. The van der Waals surface area contributed by atoms with Gasteiger partial charge in [0.15, 0.2) is 0 Å². The molecule has 0 spiro atoms. The Bertz CT molecular complexity index is 1430. The molecule has 5 rings (SSSR count). The Kier molecular flexibility index (Phi) is 7.31. The molecule has 1 aliphatic rings. The van der Waals surface area contributed by atoms with Crippen molar-refractivity contribution in [2.75, 3.05) is 18.4 Å². The number of halogens is 3. The van der Waals surface area contributed by atoms with Crippen molar-refractivity contribution in [3.8, 4) is 17.0 Å².